The molecule has 1 aliphatic carbocycles. The van der Waals surface area contributed by atoms with Gasteiger partial charge in [0.15, 0.2) is 0 Å². The third-order valence-electron chi connectivity index (χ3n) is 4.81. The lowest BCUT2D eigenvalue weighted by Crippen LogP contribution is -2.34. The molecule has 0 saturated heterocycles. The molecule has 0 aromatic heterocycles. The molecule has 20 heavy (non-hydrogen) atoms. The second-order valence-electron chi connectivity index (χ2n) is 6.96. The third-order valence-corrected chi connectivity index (χ3v) is 4.81. The Hall–Kier alpha value is -1.02. The molecule has 1 aromatic rings. The standard InChI is InChI=1S/C18H30N2/c1-15(16-8-10-17(11-9-16)20(3)4)19-14-18(2)12-6-5-7-13-18/h8-11,15,19H,5-7,12-14H2,1-4H3. The van der Waals surface area contributed by atoms with Crippen LogP contribution in [-0.4, -0.2) is 20.6 Å². The van der Waals surface area contributed by atoms with Gasteiger partial charge in [-0.2, -0.15) is 0 Å². The number of benzene rings is 1. The first-order chi connectivity index (χ1) is 9.50. The van der Waals surface area contributed by atoms with Crippen LogP contribution in [0.25, 0.3) is 0 Å². The van der Waals surface area contributed by atoms with Crippen LogP contribution in [0.15, 0.2) is 24.3 Å². The maximum Gasteiger partial charge on any atom is 0.0361 e. The van der Waals surface area contributed by atoms with Gasteiger partial charge in [-0.15, -0.1) is 0 Å². The first kappa shape index (κ1) is 15.4. The van der Waals surface area contributed by atoms with E-state index in [1.165, 1.54) is 43.4 Å². The summed E-state index contributed by atoms with van der Waals surface area (Å²) in [5.41, 5.74) is 3.16. The van der Waals surface area contributed by atoms with Gasteiger partial charge in [-0.3, -0.25) is 0 Å². The number of anilines is 1. The van der Waals surface area contributed by atoms with Crippen LogP contribution in [0.5, 0.6) is 0 Å². The molecule has 0 spiro atoms. The van der Waals surface area contributed by atoms with Gasteiger partial charge in [0.2, 0.25) is 0 Å². The Labute approximate surface area is 124 Å². The Morgan fingerprint density at radius 2 is 1.70 bits per heavy atom. The highest BCUT2D eigenvalue weighted by Crippen LogP contribution is 2.35. The Balaban J connectivity index is 1.89. The predicted octanol–water partition coefficient (Wildman–Crippen LogP) is 4.37. The zero-order chi connectivity index (χ0) is 14.6. The first-order valence-corrected chi connectivity index (χ1v) is 8.01. The van der Waals surface area contributed by atoms with Gasteiger partial charge in [0.05, 0.1) is 0 Å². The molecule has 0 radical (unpaired) electrons. The van der Waals surface area contributed by atoms with Crippen molar-refractivity contribution < 1.29 is 0 Å². The quantitative estimate of drug-likeness (QED) is 0.857. The molecule has 1 fully saturated rings. The fourth-order valence-electron chi connectivity index (χ4n) is 3.16. The van der Waals surface area contributed by atoms with Crippen LogP contribution in [0, 0.1) is 5.41 Å². The van der Waals surface area contributed by atoms with Crippen LogP contribution in [0.3, 0.4) is 0 Å². The molecule has 2 heteroatoms. The second-order valence-corrected chi connectivity index (χ2v) is 6.96. The highest BCUT2D eigenvalue weighted by molar-refractivity contribution is 5.46. The summed E-state index contributed by atoms with van der Waals surface area (Å²) in [5, 5.41) is 3.74. The summed E-state index contributed by atoms with van der Waals surface area (Å²) in [5.74, 6) is 0. The summed E-state index contributed by atoms with van der Waals surface area (Å²) in [7, 11) is 4.17. The highest BCUT2D eigenvalue weighted by atomic mass is 15.1. The first-order valence-electron chi connectivity index (χ1n) is 8.01. The lowest BCUT2D eigenvalue weighted by Gasteiger charge is -2.35. The van der Waals surface area contributed by atoms with Crippen LogP contribution in [-0.2, 0) is 0 Å². The second kappa shape index (κ2) is 6.62. The molecule has 0 bridgehead atoms. The minimum absolute atomic E-state index is 0.435. The Kier molecular flexibility index (Phi) is 5.09. The van der Waals surface area contributed by atoms with Crippen molar-refractivity contribution in [3.05, 3.63) is 29.8 Å². The molecular weight excluding hydrogens is 244 g/mol. The SMILES string of the molecule is CC(NCC1(C)CCCCC1)c1ccc(N(C)C)cc1. The van der Waals surface area contributed by atoms with E-state index >= 15 is 0 Å². The number of hydrogen-bond acceptors (Lipinski definition) is 2. The summed E-state index contributed by atoms with van der Waals surface area (Å²) >= 11 is 0. The minimum Gasteiger partial charge on any atom is -0.378 e. The Bertz CT molecular complexity index is 402. The van der Waals surface area contributed by atoms with Crippen molar-refractivity contribution in [3.8, 4) is 0 Å². The maximum atomic E-state index is 3.74. The van der Waals surface area contributed by atoms with Gasteiger partial charge in [0.25, 0.3) is 0 Å². The van der Waals surface area contributed by atoms with Crippen LogP contribution in [0.1, 0.15) is 57.6 Å². The Morgan fingerprint density at radius 1 is 1.10 bits per heavy atom. The highest BCUT2D eigenvalue weighted by Gasteiger charge is 2.26. The van der Waals surface area contributed by atoms with Gasteiger partial charge in [-0.25, -0.2) is 0 Å². The molecule has 112 valence electrons. The van der Waals surface area contributed by atoms with Gasteiger partial charge in [0.1, 0.15) is 0 Å². The summed E-state index contributed by atoms with van der Waals surface area (Å²) in [6, 6.07) is 9.34. The number of hydrogen-bond donors (Lipinski definition) is 1. The van der Waals surface area contributed by atoms with Crippen LogP contribution in [0.4, 0.5) is 5.69 Å². The summed E-state index contributed by atoms with van der Waals surface area (Å²) in [6.45, 7) is 5.86. The van der Waals surface area contributed by atoms with Crippen LogP contribution in [0.2, 0.25) is 0 Å². The molecule has 1 saturated carbocycles. The molecular formula is C18H30N2. The zero-order valence-electron chi connectivity index (χ0n) is 13.6. The average Bonchev–Trinajstić information content (AvgIpc) is 2.46. The van der Waals surface area contributed by atoms with E-state index in [0.717, 1.165) is 6.54 Å². The lowest BCUT2D eigenvalue weighted by atomic mass is 9.75. The van der Waals surface area contributed by atoms with Crippen molar-refractivity contribution in [2.75, 3.05) is 25.5 Å². The van der Waals surface area contributed by atoms with Crippen LogP contribution >= 0.6 is 0 Å². The van der Waals surface area contributed by atoms with E-state index in [2.05, 4.69) is 62.4 Å². The van der Waals surface area contributed by atoms with Crippen LogP contribution < -0.4 is 10.2 Å². The van der Waals surface area contributed by atoms with Gasteiger partial charge in [-0.05, 0) is 42.9 Å². The van der Waals surface area contributed by atoms with Crippen molar-refractivity contribution in [1.29, 1.82) is 0 Å². The van der Waals surface area contributed by atoms with E-state index in [0.29, 0.717) is 11.5 Å². The van der Waals surface area contributed by atoms with E-state index in [1.807, 2.05) is 0 Å². The lowest BCUT2D eigenvalue weighted by molar-refractivity contribution is 0.202. The molecule has 1 N–H and O–H groups in total. The van der Waals surface area contributed by atoms with E-state index in [4.69, 9.17) is 0 Å². The predicted molar refractivity (Wildman–Crippen MR) is 88.4 cm³/mol. The molecule has 0 aliphatic heterocycles. The van der Waals surface area contributed by atoms with Gasteiger partial charge >= 0.3 is 0 Å². The molecule has 1 aliphatic rings. The van der Waals surface area contributed by atoms with Crippen molar-refractivity contribution in [1.82, 2.24) is 5.32 Å². The van der Waals surface area contributed by atoms with E-state index in [9.17, 15) is 0 Å². The van der Waals surface area contributed by atoms with Crippen molar-refractivity contribution in [3.63, 3.8) is 0 Å². The van der Waals surface area contributed by atoms with Crippen molar-refractivity contribution in [2.24, 2.45) is 5.41 Å². The normalized spacial score (nSPS) is 19.6. The summed E-state index contributed by atoms with van der Waals surface area (Å²) < 4.78 is 0. The van der Waals surface area contributed by atoms with Crippen molar-refractivity contribution in [2.45, 2.75) is 52.0 Å². The zero-order valence-corrected chi connectivity index (χ0v) is 13.6. The fraction of sp³-hybridized carbons (Fsp3) is 0.667. The maximum absolute atomic E-state index is 3.74. The molecule has 1 atom stereocenters. The number of rotatable bonds is 5. The minimum atomic E-state index is 0.435. The third kappa shape index (κ3) is 3.99. The molecule has 1 aromatic carbocycles. The largest absolute Gasteiger partial charge is 0.378 e. The molecule has 1 unspecified atom stereocenters. The smallest absolute Gasteiger partial charge is 0.0361 e. The van der Waals surface area contributed by atoms with Gasteiger partial charge in [0, 0.05) is 32.4 Å². The molecule has 0 amide bonds. The van der Waals surface area contributed by atoms with E-state index < -0.39 is 0 Å². The monoisotopic (exact) mass is 274 g/mol. The topological polar surface area (TPSA) is 15.3 Å². The van der Waals surface area contributed by atoms with Gasteiger partial charge in [-0.1, -0.05) is 38.3 Å². The Morgan fingerprint density at radius 3 is 2.25 bits per heavy atom. The van der Waals surface area contributed by atoms with E-state index in [1.54, 1.807) is 0 Å². The summed E-state index contributed by atoms with van der Waals surface area (Å²) in [6.07, 6.45) is 7.00. The fourth-order valence-corrected chi connectivity index (χ4v) is 3.16. The molecule has 0 heterocycles. The van der Waals surface area contributed by atoms with E-state index in [-0.39, 0.29) is 0 Å². The van der Waals surface area contributed by atoms with Gasteiger partial charge < -0.3 is 10.2 Å². The van der Waals surface area contributed by atoms with Crippen molar-refractivity contribution >= 4 is 5.69 Å². The average molecular weight is 274 g/mol. The molecule has 2 rings (SSSR count). The number of nitrogens with one attached hydrogen (secondary N) is 1. The summed E-state index contributed by atoms with van der Waals surface area (Å²) in [4.78, 5) is 2.14. The molecule has 2 nitrogen and oxygen atoms in total. The number of nitrogens with zero attached hydrogens (tertiary/aromatic N) is 1.